The molecule has 12 heavy (non-hydrogen) atoms. The maximum atomic E-state index is 12.0. The van der Waals surface area contributed by atoms with Crippen LogP contribution >= 0.6 is 0 Å². The third-order valence-corrected chi connectivity index (χ3v) is 1.63. The molecule has 0 N–H and O–H groups in total. The minimum absolute atomic E-state index is 0. The summed E-state index contributed by atoms with van der Waals surface area (Å²) in [6.07, 6.45) is 0. The van der Waals surface area contributed by atoms with Crippen molar-refractivity contribution in [1.82, 2.24) is 0 Å². The summed E-state index contributed by atoms with van der Waals surface area (Å²) in [6, 6.07) is 8.02. The molecule has 0 aromatic heterocycles. The molecule has 5 heteroatoms. The molecule has 1 aromatic carbocycles. The van der Waals surface area contributed by atoms with Crippen LogP contribution in [-0.2, 0) is 10.2 Å². The molecule has 0 heterocycles. The summed E-state index contributed by atoms with van der Waals surface area (Å²) in [5.74, 6) is 0.576. The fourth-order valence-electron chi connectivity index (χ4n) is 0.694. The van der Waals surface area contributed by atoms with Crippen LogP contribution in [0.15, 0.2) is 30.3 Å². The van der Waals surface area contributed by atoms with E-state index in [0.717, 1.165) is 0 Å². The van der Waals surface area contributed by atoms with Gasteiger partial charge in [0.15, 0.2) is 0 Å². The summed E-state index contributed by atoms with van der Waals surface area (Å²) in [6.45, 7) is 0. The Hall–Kier alpha value is -0.0300. The Bertz CT molecular complexity index is 323. The molecule has 0 saturated carbocycles. The van der Waals surface area contributed by atoms with Crippen LogP contribution in [0.5, 0.6) is 0 Å². The van der Waals surface area contributed by atoms with Gasteiger partial charge in [0.2, 0.25) is 0 Å². The van der Waals surface area contributed by atoms with Crippen molar-refractivity contribution in [3.8, 4) is 0 Å². The summed E-state index contributed by atoms with van der Waals surface area (Å²) < 4.78 is 32.1. The van der Waals surface area contributed by atoms with Gasteiger partial charge in [-0.1, -0.05) is 6.07 Å². The zero-order valence-electron chi connectivity index (χ0n) is 6.57. The Balaban J connectivity index is 0.00000121. The van der Waals surface area contributed by atoms with Gasteiger partial charge < -0.3 is 0 Å². The van der Waals surface area contributed by atoms with E-state index < -0.39 is 10.2 Å². The van der Waals surface area contributed by atoms with Crippen LogP contribution in [0.1, 0.15) is 5.56 Å². The first-order chi connectivity index (χ1) is 5.08. The van der Waals surface area contributed by atoms with E-state index in [1.165, 1.54) is 12.1 Å². The van der Waals surface area contributed by atoms with Gasteiger partial charge in [-0.3, -0.25) is 0 Å². The summed E-state index contributed by atoms with van der Waals surface area (Å²) in [5, 5.41) is 0. The van der Waals surface area contributed by atoms with E-state index in [0.29, 0.717) is 11.3 Å². The molecule has 0 atom stereocenters. The topological polar surface area (TPSA) is 34.1 Å². The van der Waals surface area contributed by atoms with E-state index in [1.807, 2.05) is 0 Å². The molecule has 1 aromatic rings. The van der Waals surface area contributed by atoms with Crippen molar-refractivity contribution >= 4 is 10.2 Å². The fraction of sp³-hybridized carbons (Fsp3) is 0. The number of benzene rings is 1. The van der Waals surface area contributed by atoms with E-state index >= 15 is 0 Å². The maximum Gasteiger partial charge on any atom is 1.00 e. The van der Waals surface area contributed by atoms with Gasteiger partial charge in [-0.25, -0.2) is 8.42 Å². The average molecular weight is 196 g/mol. The summed E-state index contributed by atoms with van der Waals surface area (Å²) in [4.78, 5) is 0. The second kappa shape index (κ2) is 4.87. The minimum Gasteiger partial charge on any atom is -0.204 e. The largest absolute Gasteiger partial charge is 1.00 e. The number of hydrogen-bond acceptors (Lipinski definition) is 2. The van der Waals surface area contributed by atoms with Gasteiger partial charge in [0.1, 0.15) is 0 Å². The van der Waals surface area contributed by atoms with Crippen molar-refractivity contribution in [2.75, 3.05) is 0 Å². The first-order valence-electron chi connectivity index (χ1n) is 2.92. The Kier molecular flexibility index (Phi) is 4.85. The number of halogens is 1. The van der Waals surface area contributed by atoms with Gasteiger partial charge >= 0.3 is 29.6 Å². The van der Waals surface area contributed by atoms with Gasteiger partial charge in [0, 0.05) is 0 Å². The summed E-state index contributed by atoms with van der Waals surface area (Å²) in [5.41, 5.74) is 0.343. The number of hydrogen-bond donors (Lipinski definition) is 0. The van der Waals surface area contributed by atoms with Crippen LogP contribution in [0.3, 0.4) is 0 Å². The fourth-order valence-corrected chi connectivity index (χ4v) is 1.18. The quantitative estimate of drug-likeness (QED) is 0.328. The van der Waals surface area contributed by atoms with Gasteiger partial charge in [-0.05, 0) is 5.75 Å². The Morgan fingerprint density at radius 1 is 1.17 bits per heavy atom. The molecule has 0 bridgehead atoms. The molecule has 0 fully saturated rings. The first-order valence-corrected chi connectivity index (χ1v) is 4.37. The van der Waals surface area contributed by atoms with Crippen molar-refractivity contribution in [3.63, 3.8) is 0 Å². The summed E-state index contributed by atoms with van der Waals surface area (Å²) >= 11 is 0. The standard InChI is InChI=1S/C7H6FO2S.Na/c8-11(9,10)6-7-4-2-1-3-5-7;/h1-6H;/q-1;+1. The Labute approximate surface area is 93.3 Å². The molecular weight excluding hydrogens is 190 g/mol. The predicted octanol–water partition coefficient (Wildman–Crippen LogP) is -1.50. The molecule has 0 spiro atoms. The van der Waals surface area contributed by atoms with E-state index in [1.54, 1.807) is 18.2 Å². The van der Waals surface area contributed by atoms with Crippen LogP contribution in [0, 0.1) is 5.75 Å². The molecule has 2 nitrogen and oxygen atoms in total. The second-order valence-corrected chi connectivity index (χ2v) is 3.19. The minimum atomic E-state index is -4.50. The van der Waals surface area contributed by atoms with Crippen LogP contribution in [0.25, 0.3) is 0 Å². The molecule has 0 aliphatic carbocycles. The van der Waals surface area contributed by atoms with Crippen LogP contribution in [0.2, 0.25) is 0 Å². The molecule has 1 rings (SSSR count). The molecule has 0 aliphatic heterocycles. The molecule has 0 aliphatic rings. The average Bonchev–Trinajstić information content (AvgIpc) is 1.85. The van der Waals surface area contributed by atoms with Crippen LogP contribution < -0.4 is 29.6 Å². The van der Waals surface area contributed by atoms with Gasteiger partial charge in [0.25, 0.3) is 10.2 Å². The maximum absolute atomic E-state index is 12.0. The SMILES string of the molecule is O=S(=O)(F)[CH-]c1ccccc1.[Na+]. The molecule has 0 radical (unpaired) electrons. The van der Waals surface area contributed by atoms with Crippen LogP contribution in [-0.4, -0.2) is 8.42 Å². The smallest absolute Gasteiger partial charge is 0.204 e. The normalized spacial score (nSPS) is 10.1. The van der Waals surface area contributed by atoms with Crippen LogP contribution in [0.4, 0.5) is 3.89 Å². The molecule has 0 unspecified atom stereocenters. The van der Waals surface area contributed by atoms with E-state index in [-0.39, 0.29) is 29.6 Å². The van der Waals surface area contributed by atoms with Gasteiger partial charge in [-0.2, -0.15) is 17.7 Å². The van der Waals surface area contributed by atoms with Gasteiger partial charge in [-0.15, -0.1) is 16.0 Å². The van der Waals surface area contributed by atoms with Crippen molar-refractivity contribution in [1.29, 1.82) is 0 Å². The van der Waals surface area contributed by atoms with Crippen molar-refractivity contribution < 1.29 is 41.9 Å². The zero-order valence-corrected chi connectivity index (χ0v) is 9.38. The van der Waals surface area contributed by atoms with E-state index in [9.17, 15) is 12.3 Å². The predicted molar refractivity (Wildman–Crippen MR) is 39.9 cm³/mol. The molecule has 60 valence electrons. The van der Waals surface area contributed by atoms with Gasteiger partial charge in [0.05, 0.1) is 0 Å². The molecule has 0 amide bonds. The Morgan fingerprint density at radius 3 is 2.08 bits per heavy atom. The third kappa shape index (κ3) is 4.77. The van der Waals surface area contributed by atoms with E-state index in [2.05, 4.69) is 0 Å². The molecule has 0 saturated heterocycles. The molecular formula is C7H6FNaO2S. The van der Waals surface area contributed by atoms with Crippen molar-refractivity contribution in [3.05, 3.63) is 41.6 Å². The Morgan fingerprint density at radius 2 is 1.67 bits per heavy atom. The van der Waals surface area contributed by atoms with Crippen molar-refractivity contribution in [2.24, 2.45) is 0 Å². The van der Waals surface area contributed by atoms with E-state index in [4.69, 9.17) is 0 Å². The first kappa shape index (κ1) is 12.0. The monoisotopic (exact) mass is 196 g/mol. The second-order valence-electron chi connectivity index (χ2n) is 2.00. The number of rotatable bonds is 2. The third-order valence-electron chi connectivity index (χ3n) is 1.08. The summed E-state index contributed by atoms with van der Waals surface area (Å²) in [7, 11) is -4.50. The van der Waals surface area contributed by atoms with Crippen molar-refractivity contribution in [2.45, 2.75) is 0 Å². The zero-order chi connectivity index (χ0) is 8.32.